The maximum atomic E-state index is 6.35. The zero-order valence-electron chi connectivity index (χ0n) is 10.8. The number of nitrogens with one attached hydrogen (secondary N) is 1. The Morgan fingerprint density at radius 2 is 1.95 bits per heavy atom. The van der Waals surface area contributed by atoms with E-state index in [1.165, 1.54) is 24.1 Å². The Morgan fingerprint density at radius 1 is 1.26 bits per heavy atom. The van der Waals surface area contributed by atoms with Crippen LogP contribution in [-0.2, 0) is 0 Å². The van der Waals surface area contributed by atoms with Gasteiger partial charge in [0.05, 0.1) is 5.02 Å². The molecule has 1 aliphatic carbocycles. The minimum atomic E-state index is 0. The Balaban J connectivity index is 0.000000902. The molecule has 6 heteroatoms. The third kappa shape index (κ3) is 3.78. The number of hydrogen-bond donors (Lipinski definition) is 1. The third-order valence-corrected chi connectivity index (χ3v) is 5.48. The molecule has 1 aromatic rings. The summed E-state index contributed by atoms with van der Waals surface area (Å²) in [5.74, 6) is 0.837. The van der Waals surface area contributed by atoms with Crippen LogP contribution in [0.3, 0.4) is 0 Å². The quantitative estimate of drug-likeness (QED) is 0.892. The summed E-state index contributed by atoms with van der Waals surface area (Å²) in [6, 6.07) is 2.63. The van der Waals surface area contributed by atoms with Gasteiger partial charge in [0.2, 0.25) is 0 Å². The molecule has 1 N–H and O–H groups in total. The molecule has 3 rings (SSSR count). The highest BCUT2D eigenvalue weighted by atomic mass is 35.5. The molecule has 0 radical (unpaired) electrons. The van der Waals surface area contributed by atoms with Gasteiger partial charge in [-0.05, 0) is 30.2 Å². The van der Waals surface area contributed by atoms with Gasteiger partial charge in [0.25, 0.3) is 0 Å². The lowest BCUT2D eigenvalue weighted by Gasteiger charge is -2.42. The zero-order valence-corrected chi connectivity index (χ0v) is 14.0. The molecule has 2 nitrogen and oxygen atoms in total. The van der Waals surface area contributed by atoms with Gasteiger partial charge < -0.3 is 5.32 Å². The van der Waals surface area contributed by atoms with E-state index in [2.05, 4.69) is 21.7 Å². The lowest BCUT2D eigenvalue weighted by Crippen LogP contribution is -2.47. The first-order valence-corrected chi connectivity index (χ1v) is 7.79. The third-order valence-electron chi connectivity index (χ3n) is 4.05. The van der Waals surface area contributed by atoms with E-state index in [9.17, 15) is 0 Å². The van der Waals surface area contributed by atoms with Gasteiger partial charge in [-0.15, -0.1) is 36.2 Å². The van der Waals surface area contributed by atoms with Crippen LogP contribution in [0.15, 0.2) is 11.4 Å². The van der Waals surface area contributed by atoms with E-state index in [1.54, 1.807) is 0 Å². The Labute approximate surface area is 136 Å². The van der Waals surface area contributed by atoms with Crippen molar-refractivity contribution in [2.45, 2.75) is 25.3 Å². The van der Waals surface area contributed by atoms with Crippen LogP contribution in [0, 0.1) is 5.92 Å². The Morgan fingerprint density at radius 3 is 2.42 bits per heavy atom. The lowest BCUT2D eigenvalue weighted by molar-refractivity contribution is 0.0861. The molecule has 2 heterocycles. The lowest BCUT2D eigenvalue weighted by atomic mass is 9.78. The highest BCUT2D eigenvalue weighted by Gasteiger charge is 2.35. The molecule has 0 aromatic carbocycles. The van der Waals surface area contributed by atoms with E-state index in [0.29, 0.717) is 6.04 Å². The van der Waals surface area contributed by atoms with Crippen LogP contribution < -0.4 is 5.32 Å². The zero-order chi connectivity index (χ0) is 11.7. The van der Waals surface area contributed by atoms with E-state index in [0.717, 1.165) is 37.1 Å². The summed E-state index contributed by atoms with van der Waals surface area (Å²) in [6.45, 7) is 4.56. The Kier molecular flexibility index (Phi) is 7.44. The summed E-state index contributed by atoms with van der Waals surface area (Å²) < 4.78 is 0. The SMILES string of the molecule is Cl.Cl.Clc1ccsc1[C@@H](C1CCC1)N1CCNCC1. The number of piperazine rings is 1. The Bertz CT molecular complexity index is 376. The van der Waals surface area contributed by atoms with Gasteiger partial charge in [0.15, 0.2) is 0 Å². The standard InChI is InChI=1S/C13H19ClN2S.2ClH/c14-11-4-9-17-13(11)12(10-2-1-3-10)16-7-5-15-6-8-16;;/h4,9-10,12,15H,1-3,5-8H2;2*1H/t12-;;/m1../s1. The monoisotopic (exact) mass is 342 g/mol. The second-order valence-corrected chi connectivity index (χ2v) is 6.41. The van der Waals surface area contributed by atoms with Gasteiger partial charge in [0, 0.05) is 37.1 Å². The van der Waals surface area contributed by atoms with Crippen LogP contribution in [0.1, 0.15) is 30.2 Å². The van der Waals surface area contributed by atoms with Gasteiger partial charge >= 0.3 is 0 Å². The average Bonchev–Trinajstić information content (AvgIpc) is 2.71. The van der Waals surface area contributed by atoms with Crippen LogP contribution in [0.4, 0.5) is 0 Å². The normalized spacial score (nSPS) is 21.9. The van der Waals surface area contributed by atoms with Crippen LogP contribution in [0.5, 0.6) is 0 Å². The number of halogens is 3. The van der Waals surface area contributed by atoms with Gasteiger partial charge in [-0.25, -0.2) is 0 Å². The van der Waals surface area contributed by atoms with E-state index >= 15 is 0 Å². The van der Waals surface area contributed by atoms with Crippen LogP contribution in [-0.4, -0.2) is 31.1 Å². The molecule has 110 valence electrons. The van der Waals surface area contributed by atoms with Crippen molar-refractivity contribution in [2.75, 3.05) is 26.2 Å². The van der Waals surface area contributed by atoms with E-state index < -0.39 is 0 Å². The number of thiophene rings is 1. The summed E-state index contributed by atoms with van der Waals surface area (Å²) in [5.41, 5.74) is 0. The van der Waals surface area contributed by atoms with Crippen molar-refractivity contribution in [3.05, 3.63) is 21.3 Å². The topological polar surface area (TPSA) is 15.3 Å². The molecule has 2 fully saturated rings. The molecule has 0 amide bonds. The maximum Gasteiger partial charge on any atom is 0.0561 e. The molecular formula is C13H21Cl3N2S. The van der Waals surface area contributed by atoms with E-state index in [4.69, 9.17) is 11.6 Å². The fraction of sp³-hybridized carbons (Fsp3) is 0.692. The fourth-order valence-corrected chi connectivity index (χ4v) is 4.31. The molecule has 2 aliphatic rings. The molecule has 1 saturated carbocycles. The highest BCUT2D eigenvalue weighted by molar-refractivity contribution is 7.10. The van der Waals surface area contributed by atoms with Crippen molar-refractivity contribution in [1.82, 2.24) is 10.2 Å². The molecule has 19 heavy (non-hydrogen) atoms. The molecular weight excluding hydrogens is 323 g/mol. The smallest absolute Gasteiger partial charge is 0.0561 e. The maximum absolute atomic E-state index is 6.35. The van der Waals surface area contributed by atoms with E-state index in [-0.39, 0.29) is 24.8 Å². The predicted octanol–water partition coefficient (Wildman–Crippen LogP) is 3.99. The van der Waals surface area contributed by atoms with Crippen LogP contribution in [0.2, 0.25) is 5.02 Å². The van der Waals surface area contributed by atoms with Crippen molar-refractivity contribution in [3.63, 3.8) is 0 Å². The molecule has 1 atom stereocenters. The highest BCUT2D eigenvalue weighted by Crippen LogP contribution is 2.45. The van der Waals surface area contributed by atoms with Gasteiger partial charge in [-0.1, -0.05) is 18.0 Å². The second-order valence-electron chi connectivity index (χ2n) is 5.05. The molecule has 0 bridgehead atoms. The molecule has 1 saturated heterocycles. The molecule has 1 aliphatic heterocycles. The molecule has 0 unspecified atom stereocenters. The minimum absolute atomic E-state index is 0. The van der Waals surface area contributed by atoms with Crippen molar-refractivity contribution in [2.24, 2.45) is 5.92 Å². The first-order valence-electron chi connectivity index (χ1n) is 6.54. The van der Waals surface area contributed by atoms with Crippen molar-refractivity contribution in [3.8, 4) is 0 Å². The second kappa shape index (κ2) is 8.06. The summed E-state index contributed by atoms with van der Waals surface area (Å²) >= 11 is 8.18. The van der Waals surface area contributed by atoms with Gasteiger partial charge in [0.1, 0.15) is 0 Å². The summed E-state index contributed by atoms with van der Waals surface area (Å²) in [7, 11) is 0. The van der Waals surface area contributed by atoms with Crippen LogP contribution >= 0.6 is 47.8 Å². The van der Waals surface area contributed by atoms with Gasteiger partial charge in [-0.3, -0.25) is 4.90 Å². The minimum Gasteiger partial charge on any atom is -0.314 e. The largest absolute Gasteiger partial charge is 0.314 e. The molecule has 1 aromatic heterocycles. The van der Waals surface area contributed by atoms with Crippen molar-refractivity contribution in [1.29, 1.82) is 0 Å². The molecule has 0 spiro atoms. The summed E-state index contributed by atoms with van der Waals surface area (Å²) in [6.07, 6.45) is 4.15. The van der Waals surface area contributed by atoms with E-state index in [1.807, 2.05) is 11.3 Å². The number of hydrogen-bond acceptors (Lipinski definition) is 3. The first-order chi connectivity index (χ1) is 8.36. The summed E-state index contributed by atoms with van der Waals surface area (Å²) in [4.78, 5) is 4.04. The summed E-state index contributed by atoms with van der Waals surface area (Å²) in [5, 5.41) is 6.54. The predicted molar refractivity (Wildman–Crippen MR) is 88.3 cm³/mol. The fourth-order valence-electron chi connectivity index (χ4n) is 2.91. The average molecular weight is 344 g/mol. The van der Waals surface area contributed by atoms with Gasteiger partial charge in [-0.2, -0.15) is 0 Å². The first kappa shape index (κ1) is 17.5. The van der Waals surface area contributed by atoms with Crippen LogP contribution in [0.25, 0.3) is 0 Å². The number of rotatable bonds is 3. The Hall–Kier alpha value is 0.490. The van der Waals surface area contributed by atoms with Crippen molar-refractivity contribution < 1.29 is 0 Å². The number of nitrogens with zero attached hydrogens (tertiary/aromatic N) is 1. The van der Waals surface area contributed by atoms with Crippen molar-refractivity contribution >= 4 is 47.8 Å².